The van der Waals surface area contributed by atoms with Gasteiger partial charge in [-0.15, -0.1) is 0 Å². The van der Waals surface area contributed by atoms with Crippen LogP contribution < -0.4 is 10.6 Å². The molecule has 0 aromatic heterocycles. The summed E-state index contributed by atoms with van der Waals surface area (Å²) in [6.45, 7) is -0.901. The maximum Gasteiger partial charge on any atom is 0.401 e. The van der Waals surface area contributed by atoms with Gasteiger partial charge in [0, 0.05) is 6.54 Å². The van der Waals surface area contributed by atoms with Crippen LogP contribution in [0.5, 0.6) is 0 Å². The smallest absolute Gasteiger partial charge is 0.355 e. The first kappa shape index (κ1) is 15.6. The van der Waals surface area contributed by atoms with Crippen molar-refractivity contribution in [2.75, 3.05) is 31.6 Å². The Kier molecular flexibility index (Phi) is 8.46. The lowest BCUT2D eigenvalue weighted by Gasteiger charge is -2.08. The van der Waals surface area contributed by atoms with Crippen LogP contribution in [0.3, 0.4) is 0 Å². The van der Waals surface area contributed by atoms with Crippen LogP contribution in [0.15, 0.2) is 0 Å². The van der Waals surface area contributed by atoms with E-state index in [-0.39, 0.29) is 6.54 Å². The first-order valence-corrected chi connectivity index (χ1v) is 6.38. The topological polar surface area (TPSA) is 41.1 Å². The van der Waals surface area contributed by atoms with Crippen molar-refractivity contribution in [1.29, 1.82) is 0 Å². The molecule has 16 heavy (non-hydrogen) atoms. The minimum absolute atomic E-state index is 0.290. The molecule has 7 heteroatoms. The summed E-state index contributed by atoms with van der Waals surface area (Å²) in [5.41, 5.74) is 0. The summed E-state index contributed by atoms with van der Waals surface area (Å²) in [6, 6.07) is 0. The summed E-state index contributed by atoms with van der Waals surface area (Å²) in [7, 11) is 0. The molecule has 96 valence electrons. The van der Waals surface area contributed by atoms with Crippen LogP contribution in [0.25, 0.3) is 0 Å². The molecule has 3 nitrogen and oxygen atoms in total. The Morgan fingerprint density at radius 1 is 1.31 bits per heavy atom. The molecule has 0 saturated heterocycles. The van der Waals surface area contributed by atoms with E-state index in [4.69, 9.17) is 0 Å². The molecule has 0 atom stereocenters. The van der Waals surface area contributed by atoms with Crippen LogP contribution in [-0.2, 0) is 4.79 Å². The Morgan fingerprint density at radius 2 is 2.00 bits per heavy atom. The summed E-state index contributed by atoms with van der Waals surface area (Å²) in [6.07, 6.45) is -0.415. The second-order valence-corrected chi connectivity index (χ2v) is 4.25. The first-order valence-electron chi connectivity index (χ1n) is 4.99. The Labute approximate surface area is 97.5 Å². The maximum atomic E-state index is 11.7. The number of halogens is 3. The molecule has 0 unspecified atom stereocenters. The van der Waals surface area contributed by atoms with E-state index >= 15 is 0 Å². The van der Waals surface area contributed by atoms with Crippen LogP contribution in [0.1, 0.15) is 12.8 Å². The third kappa shape index (κ3) is 11.6. The van der Waals surface area contributed by atoms with Crippen LogP contribution in [-0.4, -0.2) is 43.7 Å². The van der Waals surface area contributed by atoms with E-state index in [9.17, 15) is 18.0 Å². The maximum absolute atomic E-state index is 11.7. The summed E-state index contributed by atoms with van der Waals surface area (Å²) in [4.78, 5) is 11.0. The summed E-state index contributed by atoms with van der Waals surface area (Å²) < 4.78 is 35.1. The summed E-state index contributed by atoms with van der Waals surface area (Å²) >= 11 is 1.73. The highest BCUT2D eigenvalue weighted by atomic mass is 32.2. The fraction of sp³-hybridized carbons (Fsp3) is 0.889. The molecule has 0 aromatic carbocycles. The fourth-order valence-electron chi connectivity index (χ4n) is 0.979. The predicted molar refractivity (Wildman–Crippen MR) is 59.6 cm³/mol. The van der Waals surface area contributed by atoms with Gasteiger partial charge in [-0.05, 0) is 24.9 Å². The first-order chi connectivity index (χ1) is 7.45. The normalized spacial score (nSPS) is 11.5. The number of hydrogen-bond acceptors (Lipinski definition) is 3. The SMILES string of the molecule is CSCCCCNC(=O)CNCC(F)(F)F. The number of alkyl halides is 3. The largest absolute Gasteiger partial charge is 0.401 e. The second-order valence-electron chi connectivity index (χ2n) is 3.27. The van der Waals surface area contributed by atoms with Crippen LogP contribution >= 0.6 is 11.8 Å². The zero-order valence-corrected chi connectivity index (χ0v) is 10.0. The third-order valence-corrected chi connectivity index (χ3v) is 2.41. The van der Waals surface area contributed by atoms with E-state index in [1.165, 1.54) is 0 Å². The predicted octanol–water partition coefficient (Wildman–Crippen LogP) is 1.40. The van der Waals surface area contributed by atoms with Crippen LogP contribution in [0, 0.1) is 0 Å². The van der Waals surface area contributed by atoms with Crippen LogP contribution in [0.2, 0.25) is 0 Å². The molecule has 0 radical (unpaired) electrons. The lowest BCUT2D eigenvalue weighted by Crippen LogP contribution is -2.38. The zero-order valence-electron chi connectivity index (χ0n) is 9.19. The van der Waals surface area contributed by atoms with Gasteiger partial charge in [0.1, 0.15) is 0 Å². The molecule has 0 aromatic rings. The molecule has 0 saturated carbocycles. The van der Waals surface area contributed by atoms with E-state index in [1.54, 1.807) is 11.8 Å². The minimum Gasteiger partial charge on any atom is -0.355 e. The van der Waals surface area contributed by atoms with Gasteiger partial charge in [-0.25, -0.2) is 0 Å². The second kappa shape index (κ2) is 8.69. The fourth-order valence-corrected chi connectivity index (χ4v) is 1.47. The highest BCUT2D eigenvalue weighted by molar-refractivity contribution is 7.98. The lowest BCUT2D eigenvalue weighted by atomic mass is 10.3. The van der Waals surface area contributed by atoms with E-state index in [2.05, 4.69) is 5.32 Å². The Bertz CT molecular complexity index is 200. The molecule has 0 aliphatic rings. The molecule has 0 bridgehead atoms. The van der Waals surface area contributed by atoms with Crippen LogP contribution in [0.4, 0.5) is 13.2 Å². The summed E-state index contributed by atoms with van der Waals surface area (Å²) in [5, 5.41) is 4.59. The molecule has 1 amide bonds. The van der Waals surface area contributed by atoms with E-state index < -0.39 is 18.6 Å². The average Bonchev–Trinajstić information content (AvgIpc) is 2.15. The minimum atomic E-state index is -4.27. The number of rotatable bonds is 8. The van der Waals surface area contributed by atoms with Gasteiger partial charge in [0.05, 0.1) is 13.1 Å². The van der Waals surface area contributed by atoms with Gasteiger partial charge < -0.3 is 10.6 Å². The van der Waals surface area contributed by atoms with Crippen molar-refractivity contribution < 1.29 is 18.0 Å². The Morgan fingerprint density at radius 3 is 2.56 bits per heavy atom. The van der Waals surface area contributed by atoms with Crippen molar-refractivity contribution >= 4 is 17.7 Å². The van der Waals surface area contributed by atoms with Crippen molar-refractivity contribution in [2.24, 2.45) is 0 Å². The number of thioether (sulfide) groups is 1. The van der Waals surface area contributed by atoms with Gasteiger partial charge in [0.25, 0.3) is 0 Å². The molecular formula is C9H17F3N2OS. The number of carbonyl (C=O) groups is 1. The van der Waals surface area contributed by atoms with Crippen molar-refractivity contribution in [2.45, 2.75) is 19.0 Å². The van der Waals surface area contributed by atoms with Crippen molar-refractivity contribution in [3.8, 4) is 0 Å². The molecule has 0 aliphatic carbocycles. The zero-order chi connectivity index (χ0) is 12.4. The van der Waals surface area contributed by atoms with E-state index in [0.29, 0.717) is 6.54 Å². The van der Waals surface area contributed by atoms with Gasteiger partial charge >= 0.3 is 6.18 Å². The quantitative estimate of drug-likeness (QED) is 0.647. The highest BCUT2D eigenvalue weighted by Crippen LogP contribution is 2.11. The molecule has 0 spiro atoms. The van der Waals surface area contributed by atoms with Gasteiger partial charge in [0.15, 0.2) is 0 Å². The molecule has 0 rings (SSSR count). The Balaban J connectivity index is 3.32. The molecular weight excluding hydrogens is 241 g/mol. The number of nitrogens with one attached hydrogen (secondary N) is 2. The molecule has 0 fully saturated rings. The summed E-state index contributed by atoms with van der Waals surface area (Å²) in [5.74, 6) is 0.635. The number of amides is 1. The van der Waals surface area contributed by atoms with Gasteiger partial charge in [-0.3, -0.25) is 4.79 Å². The lowest BCUT2D eigenvalue weighted by molar-refractivity contribution is -0.128. The van der Waals surface area contributed by atoms with E-state index in [0.717, 1.165) is 18.6 Å². The molecule has 0 aliphatic heterocycles. The van der Waals surface area contributed by atoms with Gasteiger partial charge in [-0.2, -0.15) is 24.9 Å². The van der Waals surface area contributed by atoms with Crippen molar-refractivity contribution in [1.82, 2.24) is 10.6 Å². The van der Waals surface area contributed by atoms with Gasteiger partial charge in [0.2, 0.25) is 5.91 Å². The number of hydrogen-bond donors (Lipinski definition) is 2. The molecule has 2 N–H and O–H groups in total. The average molecular weight is 258 g/mol. The Hall–Kier alpha value is -0.430. The van der Waals surface area contributed by atoms with E-state index in [1.807, 2.05) is 11.6 Å². The van der Waals surface area contributed by atoms with Crippen molar-refractivity contribution in [3.05, 3.63) is 0 Å². The number of carbonyl (C=O) groups excluding carboxylic acids is 1. The number of unbranched alkanes of at least 4 members (excludes halogenated alkanes) is 1. The monoisotopic (exact) mass is 258 g/mol. The van der Waals surface area contributed by atoms with Crippen molar-refractivity contribution in [3.63, 3.8) is 0 Å². The molecule has 0 heterocycles. The standard InChI is InChI=1S/C9H17F3N2OS/c1-16-5-3-2-4-14-8(15)6-13-7-9(10,11)12/h13H,2-7H2,1H3,(H,14,15). The highest BCUT2D eigenvalue weighted by Gasteiger charge is 2.26. The van der Waals surface area contributed by atoms with Gasteiger partial charge in [-0.1, -0.05) is 0 Å². The third-order valence-electron chi connectivity index (χ3n) is 1.71.